The Balaban J connectivity index is 2.02. The molecular formula is C11H13FN4OS. The van der Waals surface area contributed by atoms with Gasteiger partial charge in [-0.2, -0.15) is 0 Å². The molecular weight excluding hydrogens is 255 g/mol. The first-order chi connectivity index (χ1) is 8.63. The summed E-state index contributed by atoms with van der Waals surface area (Å²) in [5.41, 5.74) is -0.0690. The van der Waals surface area contributed by atoms with E-state index in [9.17, 15) is 4.39 Å². The van der Waals surface area contributed by atoms with E-state index in [0.717, 1.165) is 5.65 Å². The van der Waals surface area contributed by atoms with E-state index in [4.69, 9.17) is 17.3 Å². The Morgan fingerprint density at radius 3 is 3.17 bits per heavy atom. The molecule has 7 heteroatoms. The summed E-state index contributed by atoms with van der Waals surface area (Å²) in [4.78, 5) is 11.2. The number of aliphatic hydroxyl groups excluding tert-OH is 1. The van der Waals surface area contributed by atoms with Crippen molar-refractivity contribution < 1.29 is 9.50 Å². The van der Waals surface area contributed by atoms with Crippen LogP contribution in [0.15, 0.2) is 12.7 Å². The number of fused-ring (bicyclic) bond motifs is 1. The van der Waals surface area contributed by atoms with E-state index in [1.54, 1.807) is 6.33 Å². The lowest BCUT2D eigenvalue weighted by Crippen LogP contribution is -2.24. The minimum absolute atomic E-state index is 0.000185. The molecule has 2 atom stereocenters. The predicted octanol–water partition coefficient (Wildman–Crippen LogP) is 1.91. The van der Waals surface area contributed by atoms with E-state index >= 15 is 0 Å². The molecule has 1 saturated carbocycles. The summed E-state index contributed by atoms with van der Waals surface area (Å²) < 4.78 is 16.4. The summed E-state index contributed by atoms with van der Waals surface area (Å²) in [6.07, 6.45) is 4.54. The van der Waals surface area contributed by atoms with E-state index < -0.39 is 12.3 Å². The number of imidazole rings is 1. The second-order valence-corrected chi connectivity index (χ2v) is 5.15. The lowest BCUT2D eigenvalue weighted by atomic mass is 10.1. The van der Waals surface area contributed by atoms with Crippen LogP contribution in [0.25, 0.3) is 11.2 Å². The minimum atomic E-state index is -1.47. The molecule has 1 aliphatic rings. The maximum absolute atomic E-state index is 14.0. The highest BCUT2D eigenvalue weighted by atomic mass is 32.1. The largest absolute Gasteiger partial charge is 0.393 e. The van der Waals surface area contributed by atoms with Gasteiger partial charge in [-0.3, -0.25) is 0 Å². The van der Waals surface area contributed by atoms with Crippen molar-refractivity contribution in [2.75, 3.05) is 6.61 Å². The number of rotatable bonds is 2. The van der Waals surface area contributed by atoms with Gasteiger partial charge in [0.1, 0.15) is 16.8 Å². The average Bonchev–Trinajstić information content (AvgIpc) is 2.94. The molecule has 2 aromatic heterocycles. The zero-order valence-electron chi connectivity index (χ0n) is 9.64. The topological polar surface area (TPSA) is 66.7 Å². The molecule has 0 spiro atoms. The zero-order chi connectivity index (χ0) is 12.8. The van der Waals surface area contributed by atoms with Crippen LogP contribution in [0.4, 0.5) is 4.39 Å². The van der Waals surface area contributed by atoms with Crippen LogP contribution in [0, 0.1) is 4.64 Å². The molecule has 0 bridgehead atoms. The molecule has 2 N–H and O–H groups in total. The zero-order valence-corrected chi connectivity index (χ0v) is 10.5. The van der Waals surface area contributed by atoms with Crippen LogP contribution >= 0.6 is 12.2 Å². The highest BCUT2D eigenvalue weighted by molar-refractivity contribution is 7.71. The fourth-order valence-electron chi connectivity index (χ4n) is 2.58. The van der Waals surface area contributed by atoms with Crippen LogP contribution in [0.5, 0.6) is 0 Å². The number of aliphatic hydroxyl groups is 1. The fourth-order valence-corrected chi connectivity index (χ4v) is 2.79. The highest BCUT2D eigenvalue weighted by Crippen LogP contribution is 2.41. The van der Waals surface area contributed by atoms with Gasteiger partial charge in [-0.15, -0.1) is 0 Å². The maximum atomic E-state index is 14.0. The summed E-state index contributed by atoms with van der Waals surface area (Å²) in [5, 5.41) is 9.06. The number of hydrogen-bond donors (Lipinski definition) is 2. The second-order valence-electron chi connectivity index (χ2n) is 4.76. The van der Waals surface area contributed by atoms with Crippen molar-refractivity contribution in [2.45, 2.75) is 31.0 Å². The van der Waals surface area contributed by atoms with Gasteiger partial charge in [-0.05, 0) is 12.8 Å². The number of aromatic nitrogens is 4. The van der Waals surface area contributed by atoms with Crippen LogP contribution in [0.3, 0.4) is 0 Å². The van der Waals surface area contributed by atoms with Crippen molar-refractivity contribution in [1.82, 2.24) is 19.5 Å². The second kappa shape index (κ2) is 4.10. The summed E-state index contributed by atoms with van der Waals surface area (Å²) in [7, 11) is 0. The van der Waals surface area contributed by atoms with Gasteiger partial charge in [0, 0.05) is 12.5 Å². The van der Waals surface area contributed by atoms with Crippen LogP contribution in [-0.2, 0) is 0 Å². The van der Waals surface area contributed by atoms with E-state index in [0.29, 0.717) is 29.4 Å². The molecule has 0 aromatic carbocycles. The molecule has 0 aliphatic heterocycles. The molecule has 1 aliphatic carbocycles. The van der Waals surface area contributed by atoms with Gasteiger partial charge < -0.3 is 14.7 Å². The van der Waals surface area contributed by atoms with Gasteiger partial charge in [-0.25, -0.2) is 14.4 Å². The van der Waals surface area contributed by atoms with Crippen LogP contribution in [-0.4, -0.2) is 36.9 Å². The molecule has 18 heavy (non-hydrogen) atoms. The standard InChI is InChI=1S/C11H13FN4OS/c12-11(4-17)2-1-7(3-11)16-6-15-8-9(16)13-5-14-10(8)18/h5-7,17H,1-4H2,(H,13,14,18)/t7?,11-/m0/s1. The molecule has 3 rings (SSSR count). The Kier molecular flexibility index (Phi) is 2.67. The molecule has 0 radical (unpaired) electrons. The first kappa shape index (κ1) is 11.7. The Hall–Kier alpha value is -1.34. The van der Waals surface area contributed by atoms with Gasteiger partial charge in [0.2, 0.25) is 0 Å². The number of halogens is 1. The van der Waals surface area contributed by atoms with E-state index in [-0.39, 0.29) is 6.04 Å². The van der Waals surface area contributed by atoms with Crippen molar-refractivity contribution in [2.24, 2.45) is 0 Å². The number of alkyl halides is 1. The summed E-state index contributed by atoms with van der Waals surface area (Å²) in [5.74, 6) is 0. The third kappa shape index (κ3) is 1.74. The first-order valence-corrected chi connectivity index (χ1v) is 6.24. The summed E-state index contributed by atoms with van der Waals surface area (Å²) >= 11 is 5.09. The molecule has 1 unspecified atom stereocenters. The molecule has 2 heterocycles. The number of nitrogens with one attached hydrogen (secondary N) is 1. The summed E-state index contributed by atoms with van der Waals surface area (Å²) in [6, 6.07) is 0.000185. The Morgan fingerprint density at radius 2 is 2.44 bits per heavy atom. The van der Waals surface area contributed by atoms with E-state index in [2.05, 4.69) is 15.0 Å². The van der Waals surface area contributed by atoms with Gasteiger partial charge in [-0.1, -0.05) is 12.2 Å². The van der Waals surface area contributed by atoms with Gasteiger partial charge in [0.15, 0.2) is 4.64 Å². The van der Waals surface area contributed by atoms with Gasteiger partial charge in [0.25, 0.3) is 0 Å². The van der Waals surface area contributed by atoms with E-state index in [1.807, 2.05) is 4.57 Å². The van der Waals surface area contributed by atoms with E-state index in [1.165, 1.54) is 6.33 Å². The quantitative estimate of drug-likeness (QED) is 0.817. The minimum Gasteiger partial charge on any atom is -0.393 e. The van der Waals surface area contributed by atoms with Gasteiger partial charge >= 0.3 is 0 Å². The molecule has 5 nitrogen and oxygen atoms in total. The molecule has 0 amide bonds. The maximum Gasteiger partial charge on any atom is 0.157 e. The lowest BCUT2D eigenvalue weighted by molar-refractivity contribution is 0.0741. The number of hydrogen-bond acceptors (Lipinski definition) is 4. The molecule has 96 valence electrons. The smallest absolute Gasteiger partial charge is 0.157 e. The highest BCUT2D eigenvalue weighted by Gasteiger charge is 2.40. The number of aromatic amines is 1. The normalized spacial score (nSPS) is 28.0. The predicted molar refractivity (Wildman–Crippen MR) is 66.5 cm³/mol. The molecule has 2 aromatic rings. The monoisotopic (exact) mass is 268 g/mol. The third-order valence-electron chi connectivity index (χ3n) is 3.58. The van der Waals surface area contributed by atoms with Crippen molar-refractivity contribution in [3.05, 3.63) is 17.3 Å². The van der Waals surface area contributed by atoms with Crippen LogP contribution in [0.2, 0.25) is 0 Å². The van der Waals surface area contributed by atoms with Crippen LogP contribution < -0.4 is 0 Å². The Morgan fingerprint density at radius 1 is 1.61 bits per heavy atom. The SMILES string of the molecule is OC[C@]1(F)CCC(n2cnc3c(=S)nc[nH]c32)C1. The first-order valence-electron chi connectivity index (χ1n) is 5.83. The van der Waals surface area contributed by atoms with Crippen molar-refractivity contribution >= 4 is 23.4 Å². The number of H-pyrrole nitrogens is 1. The Bertz CT molecular complexity index is 639. The average molecular weight is 268 g/mol. The fraction of sp³-hybridized carbons (Fsp3) is 0.545. The number of nitrogens with zero attached hydrogens (tertiary/aromatic N) is 3. The Labute approximate surface area is 108 Å². The summed E-state index contributed by atoms with van der Waals surface area (Å²) in [6.45, 7) is -0.423. The van der Waals surface area contributed by atoms with Crippen molar-refractivity contribution in [3.8, 4) is 0 Å². The lowest BCUT2D eigenvalue weighted by Gasteiger charge is -2.17. The molecule has 1 fully saturated rings. The third-order valence-corrected chi connectivity index (χ3v) is 3.88. The van der Waals surface area contributed by atoms with Gasteiger partial charge in [0.05, 0.1) is 19.3 Å². The van der Waals surface area contributed by atoms with Crippen LogP contribution in [0.1, 0.15) is 25.3 Å². The van der Waals surface area contributed by atoms with Crippen molar-refractivity contribution in [3.63, 3.8) is 0 Å². The molecule has 0 saturated heterocycles. The van der Waals surface area contributed by atoms with Crippen molar-refractivity contribution in [1.29, 1.82) is 0 Å².